The first-order valence-electron chi connectivity index (χ1n) is 34.6. The molecule has 14 heteroatoms. The number of nitrogens with two attached hydrogens (primary N) is 2. The third kappa shape index (κ3) is 11.7. The second-order valence-corrected chi connectivity index (χ2v) is 30.9. The first-order chi connectivity index (χ1) is 46.0. The van der Waals surface area contributed by atoms with Gasteiger partial charge in [-0.2, -0.15) is 8.42 Å². The van der Waals surface area contributed by atoms with Crippen LogP contribution in [0.3, 0.4) is 0 Å². The highest BCUT2D eigenvalue weighted by Crippen LogP contribution is 2.65. The Hall–Kier alpha value is -7.58. The maximum Gasteiger partial charge on any atom is 0.268 e. The molecule has 5 aliphatic heterocycles. The minimum Gasteiger partial charge on any atom is -0.508 e. The summed E-state index contributed by atoms with van der Waals surface area (Å²) in [6.07, 6.45) is 12.0. The lowest BCUT2D eigenvalue weighted by Crippen LogP contribution is -2.67. The number of guanidine groups is 1. The number of benzene rings is 7. The van der Waals surface area contributed by atoms with Crippen LogP contribution in [0.2, 0.25) is 0 Å². The molecule has 13 nitrogen and oxygen atoms in total. The largest absolute Gasteiger partial charge is 0.508 e. The lowest BCUT2D eigenvalue weighted by atomic mass is 9.44. The zero-order chi connectivity index (χ0) is 65.5. The molecule has 10 N–H and O–H groups in total. The number of hydrogen-bond acceptors (Lipinski definition) is 10. The molecular weight excluding hydrogens is 1200 g/mol. The van der Waals surface area contributed by atoms with Gasteiger partial charge in [-0.3, -0.25) is 4.55 Å². The van der Waals surface area contributed by atoms with E-state index in [0.717, 1.165) is 93.1 Å². The molecule has 18 unspecified atom stereocenters. The van der Waals surface area contributed by atoms with Crippen molar-refractivity contribution < 1.29 is 42.9 Å². The van der Waals surface area contributed by atoms with Crippen molar-refractivity contribution in [2.45, 2.75) is 143 Å². The fourth-order valence-corrected chi connectivity index (χ4v) is 20.7. The highest BCUT2D eigenvalue weighted by molar-refractivity contribution is 7.86. The van der Waals surface area contributed by atoms with E-state index < -0.39 is 62.6 Å². The predicted octanol–water partition coefficient (Wildman–Crippen LogP) is 12.9. The number of nitrogens with one attached hydrogen (secondary N) is 1. The number of aliphatic hydroxyl groups is 3. The summed E-state index contributed by atoms with van der Waals surface area (Å²) in [7, 11) is -2.79. The topological polar surface area (TPSA) is 230 Å². The molecule has 7 aromatic carbocycles. The fraction of sp³-hybridized carbons (Fsp3) is 0.420. The summed E-state index contributed by atoms with van der Waals surface area (Å²) in [5.41, 5.74) is 22.0. The standard InChI is InChI=1S/C81H88N4O9S/c1-47-15-16-56-39-63-27-29-66(56)69(47)44-76(95(90,91)92)70-41-60-37-59(40-64-35-49(46-86)11-8-13-55-38-62(87)26-28-68(55)78(60)93-64)77(70)53-21-24-61(25-22-53)81(94-63,85-79(82)83)74-42-57-23-31-72-67(30-32-71(57)80(72,89)73(74)36-48-9-4-3-5-10-48)51-17-19-52(20-18-51)75(88)43-58-34-50(45-84-2)33-54-12-6-7-14-65(54)58/h3-7,9-10,12,14,17-29,31,33-34,38-39,41,47,49,57,59,64,67,69-78,84,86-89H,11,15-16,30,32,35-37,40,42-46H2,1-2H3,(H4,82,83,85)(H,90,91,92). The highest BCUT2D eigenvalue weighted by atomic mass is 32.2. The van der Waals surface area contributed by atoms with Crippen LogP contribution < -0.4 is 21.5 Å². The van der Waals surface area contributed by atoms with Gasteiger partial charge < -0.3 is 46.7 Å². The van der Waals surface area contributed by atoms with Crippen LogP contribution in [0, 0.1) is 65.1 Å². The minimum absolute atomic E-state index is 0.0550. The van der Waals surface area contributed by atoms with Crippen molar-refractivity contribution in [3.05, 3.63) is 237 Å². The smallest absolute Gasteiger partial charge is 0.268 e. The molecule has 0 amide bonds. The fourth-order valence-electron chi connectivity index (χ4n) is 19.7. The van der Waals surface area contributed by atoms with Crippen LogP contribution in [-0.2, 0) is 46.4 Å². The number of aryl methyl sites for hydroxylation is 1. The van der Waals surface area contributed by atoms with Crippen LogP contribution in [-0.4, -0.2) is 70.0 Å². The van der Waals surface area contributed by atoms with Crippen LogP contribution in [0.15, 0.2) is 180 Å². The van der Waals surface area contributed by atoms with Crippen molar-refractivity contribution in [3.63, 3.8) is 0 Å². The van der Waals surface area contributed by atoms with E-state index in [2.05, 4.69) is 164 Å². The second kappa shape index (κ2) is 25.4. The van der Waals surface area contributed by atoms with Crippen LogP contribution in [0.5, 0.6) is 11.5 Å². The summed E-state index contributed by atoms with van der Waals surface area (Å²) in [5, 5.41) is 52.7. The molecule has 1 saturated heterocycles. The molecule has 2 saturated carbocycles. The predicted molar refractivity (Wildman–Crippen MR) is 371 cm³/mol. The molecular formula is C81H88N4O9S. The summed E-state index contributed by atoms with van der Waals surface area (Å²) in [5.74, 6) is 3.86. The first kappa shape index (κ1) is 63.5. The Kier molecular flexibility index (Phi) is 17.0. The quantitative estimate of drug-likeness (QED) is 0.0188. The van der Waals surface area contributed by atoms with Gasteiger partial charge in [0, 0.05) is 66.4 Å². The van der Waals surface area contributed by atoms with Crippen molar-refractivity contribution in [2.24, 2.45) is 69.7 Å². The van der Waals surface area contributed by atoms with E-state index in [9.17, 15) is 33.4 Å². The molecule has 10 aliphatic rings. The highest BCUT2D eigenvalue weighted by Gasteiger charge is 2.66. The van der Waals surface area contributed by atoms with Gasteiger partial charge in [0.25, 0.3) is 10.1 Å². The Balaban J connectivity index is 0.859. The van der Waals surface area contributed by atoms with Gasteiger partial charge in [0.2, 0.25) is 5.72 Å². The third-order valence-corrected chi connectivity index (χ3v) is 25.2. The molecule has 3 fully saturated rings. The summed E-state index contributed by atoms with van der Waals surface area (Å²) in [4.78, 5) is 5.43. The van der Waals surface area contributed by atoms with Gasteiger partial charge in [-0.25, -0.2) is 4.99 Å². The molecule has 18 atom stereocenters. The zero-order valence-corrected chi connectivity index (χ0v) is 55.0. The number of phenolic OH excluding ortho intramolecular Hbond substituents is 1. The summed E-state index contributed by atoms with van der Waals surface area (Å²) >= 11 is 0. The maximum atomic E-state index is 14.7. The molecule has 17 rings (SSSR count). The van der Waals surface area contributed by atoms with E-state index in [1.807, 2.05) is 25.2 Å². The number of hydrogen-bond donors (Lipinski definition) is 8. The second-order valence-electron chi connectivity index (χ2n) is 29.3. The number of allylic oxidation sites excluding steroid dienone is 2. The van der Waals surface area contributed by atoms with E-state index in [1.54, 1.807) is 12.1 Å². The molecule has 14 bridgehead atoms. The number of ether oxygens (including phenoxy) is 2. The van der Waals surface area contributed by atoms with E-state index in [4.69, 9.17) is 25.9 Å². The van der Waals surface area contributed by atoms with Crippen LogP contribution in [0.1, 0.15) is 156 Å². The van der Waals surface area contributed by atoms with Crippen LogP contribution in [0.25, 0.3) is 10.8 Å². The minimum atomic E-state index is -4.74. The SMILES string of the molecule is CNCc1cc(CC(O)c2ccc(C3CCC4C5C=CC3C4(O)C(Cc3ccccc3)C(C3(N=C(N)N)Oc4ccc6c(c4)CCC(C)C6CC(S(=O)(=O)O)C4C=C6CC(CC7CC(CO)CC#Cc8cc(O)ccc8C6O7)C4c4ccc3cc4)C5)cc2)c2ccccc2c1. The molecule has 0 aromatic heterocycles. The van der Waals surface area contributed by atoms with Crippen molar-refractivity contribution in [1.29, 1.82) is 0 Å². The molecule has 5 heterocycles. The lowest BCUT2D eigenvalue weighted by molar-refractivity contribution is -0.213. The number of phenols is 1. The van der Waals surface area contributed by atoms with Crippen LogP contribution >= 0.6 is 0 Å². The summed E-state index contributed by atoms with van der Waals surface area (Å²) in [6, 6.07) is 51.3. The summed E-state index contributed by atoms with van der Waals surface area (Å²) < 4.78 is 56.3. The van der Waals surface area contributed by atoms with E-state index in [0.29, 0.717) is 61.8 Å². The van der Waals surface area contributed by atoms with Crippen molar-refractivity contribution >= 4 is 26.9 Å². The summed E-state index contributed by atoms with van der Waals surface area (Å²) in [6.45, 7) is 2.83. The number of fused-ring (bicyclic) bond motifs is 9. The number of nitrogens with zero attached hydrogens (tertiary/aromatic N) is 1. The Labute approximate surface area is 558 Å². The maximum absolute atomic E-state index is 14.7. The first-order valence-corrected chi connectivity index (χ1v) is 36.1. The average molecular weight is 1290 g/mol. The molecule has 7 aromatic rings. The van der Waals surface area contributed by atoms with Crippen molar-refractivity contribution in [3.8, 4) is 23.3 Å². The van der Waals surface area contributed by atoms with Gasteiger partial charge in [-0.1, -0.05) is 158 Å². The van der Waals surface area contributed by atoms with E-state index in [1.165, 1.54) is 5.56 Å². The average Bonchev–Trinajstić information content (AvgIpc) is 0.798. The van der Waals surface area contributed by atoms with Crippen LogP contribution in [0.4, 0.5) is 0 Å². The Morgan fingerprint density at radius 1 is 0.811 bits per heavy atom. The molecule has 492 valence electrons. The van der Waals surface area contributed by atoms with Gasteiger partial charge in [0.15, 0.2) is 5.96 Å². The molecule has 0 spiro atoms. The normalized spacial score (nSPS) is 32.3. The monoisotopic (exact) mass is 1290 g/mol. The van der Waals surface area contributed by atoms with Gasteiger partial charge in [-0.05, 0) is 210 Å². The number of aromatic hydroxyl groups is 1. The number of aliphatic hydroxyl groups excluding tert-OH is 2. The van der Waals surface area contributed by atoms with E-state index in [-0.39, 0.29) is 78.2 Å². The van der Waals surface area contributed by atoms with Gasteiger partial charge in [0.05, 0.1) is 23.1 Å². The lowest BCUT2D eigenvalue weighted by Gasteiger charge is -2.63. The van der Waals surface area contributed by atoms with E-state index >= 15 is 0 Å². The van der Waals surface area contributed by atoms with Gasteiger partial charge in [-0.15, -0.1) is 0 Å². The molecule has 5 aliphatic carbocycles. The third-order valence-electron chi connectivity index (χ3n) is 23.9. The van der Waals surface area contributed by atoms with Crippen molar-refractivity contribution in [1.82, 2.24) is 5.32 Å². The Morgan fingerprint density at radius 2 is 1.59 bits per heavy atom. The Bertz CT molecular complexity index is 4310. The Morgan fingerprint density at radius 3 is 2.37 bits per heavy atom. The zero-order valence-electron chi connectivity index (χ0n) is 54.2. The van der Waals surface area contributed by atoms with Crippen molar-refractivity contribution in [2.75, 3.05) is 13.7 Å². The number of rotatable bonds is 12. The molecule has 95 heavy (non-hydrogen) atoms. The van der Waals surface area contributed by atoms with Gasteiger partial charge >= 0.3 is 0 Å². The van der Waals surface area contributed by atoms with Gasteiger partial charge in [0.1, 0.15) is 17.6 Å². The molecule has 0 radical (unpaired) electrons. The number of aliphatic imine (C=N–C) groups is 1.